The van der Waals surface area contributed by atoms with E-state index in [1.165, 1.54) is 17.4 Å². The molecule has 0 N–H and O–H groups in total. The van der Waals surface area contributed by atoms with Crippen LogP contribution in [-0.2, 0) is 6.18 Å². The molecule has 1 heterocycles. The molecule has 1 aromatic heterocycles. The minimum absolute atomic E-state index is 0.126. The molecule has 14 heavy (non-hydrogen) atoms. The van der Waals surface area contributed by atoms with Crippen LogP contribution in [0.15, 0.2) is 18.2 Å². The zero-order chi connectivity index (χ0) is 10.3. The van der Waals surface area contributed by atoms with Gasteiger partial charge in [-0.2, -0.15) is 13.2 Å². The van der Waals surface area contributed by atoms with Gasteiger partial charge in [0.1, 0.15) is 0 Å². The van der Waals surface area contributed by atoms with E-state index in [9.17, 15) is 13.2 Å². The van der Waals surface area contributed by atoms with Crippen LogP contribution in [0.4, 0.5) is 13.2 Å². The molecule has 2 aromatic rings. The lowest BCUT2D eigenvalue weighted by atomic mass is 10.1. The fourth-order valence-electron chi connectivity index (χ4n) is 1.15. The molecule has 0 unspecified atom stereocenters. The van der Waals surface area contributed by atoms with E-state index >= 15 is 0 Å². The number of hydrogen-bond donors (Lipinski definition) is 0. The van der Waals surface area contributed by atoms with Crippen LogP contribution in [-0.4, -0.2) is 0 Å². The Hall–Kier alpha value is -0.740. The number of halogens is 4. The summed E-state index contributed by atoms with van der Waals surface area (Å²) in [4.78, 5) is 0. The van der Waals surface area contributed by atoms with Crippen molar-refractivity contribution in [3.8, 4) is 0 Å². The molecule has 0 aliphatic heterocycles. The number of alkyl halides is 3. The Labute approximate surface area is 86.9 Å². The van der Waals surface area contributed by atoms with Gasteiger partial charge in [0, 0.05) is 5.38 Å². The van der Waals surface area contributed by atoms with Crippen LogP contribution in [0, 0.1) is 5.38 Å². The van der Waals surface area contributed by atoms with Crippen LogP contribution < -0.4 is 0 Å². The number of benzene rings is 1. The van der Waals surface area contributed by atoms with Gasteiger partial charge in [0.25, 0.3) is 0 Å². The van der Waals surface area contributed by atoms with Crippen molar-refractivity contribution < 1.29 is 13.2 Å². The second-order valence-corrected chi connectivity index (χ2v) is 3.99. The predicted octanol–water partition coefficient (Wildman–Crippen LogP) is 4.37. The molecule has 1 aromatic carbocycles. The first-order valence-corrected chi connectivity index (χ1v) is 4.84. The van der Waals surface area contributed by atoms with Gasteiger partial charge < -0.3 is 0 Å². The molecule has 73 valence electrons. The quantitative estimate of drug-likeness (QED) is 0.636. The lowest BCUT2D eigenvalue weighted by molar-refractivity contribution is -0.137. The molecular formula is C9H3ClF3S. The molecule has 0 spiro atoms. The maximum atomic E-state index is 12.3. The molecule has 5 heteroatoms. The monoisotopic (exact) mass is 235 g/mol. The normalized spacial score (nSPS) is 12.3. The summed E-state index contributed by atoms with van der Waals surface area (Å²) in [5.41, 5.74) is -0.721. The summed E-state index contributed by atoms with van der Waals surface area (Å²) < 4.78 is 37.6. The Bertz CT molecular complexity index is 472. The molecule has 0 aliphatic rings. The van der Waals surface area contributed by atoms with E-state index in [1.54, 1.807) is 0 Å². The Morgan fingerprint density at radius 2 is 2.00 bits per heavy atom. The number of rotatable bonds is 0. The fraction of sp³-hybridized carbons (Fsp3) is 0.111. The van der Waals surface area contributed by atoms with Crippen LogP contribution >= 0.6 is 22.9 Å². The van der Waals surface area contributed by atoms with E-state index in [0.29, 0.717) is 10.1 Å². The Kier molecular flexibility index (Phi) is 2.20. The van der Waals surface area contributed by atoms with Crippen molar-refractivity contribution in [3.05, 3.63) is 34.2 Å². The largest absolute Gasteiger partial charge is 0.416 e. The molecule has 0 saturated heterocycles. The highest BCUT2D eigenvalue weighted by Crippen LogP contribution is 2.36. The summed E-state index contributed by atoms with van der Waals surface area (Å²) in [6.45, 7) is 0. The first-order chi connectivity index (χ1) is 6.48. The average Bonchev–Trinajstić information content (AvgIpc) is 2.50. The van der Waals surface area contributed by atoms with Gasteiger partial charge in [-0.25, -0.2) is 0 Å². The van der Waals surface area contributed by atoms with Gasteiger partial charge in [0.05, 0.1) is 15.3 Å². The van der Waals surface area contributed by atoms with Crippen molar-refractivity contribution in [3.63, 3.8) is 0 Å². The first-order valence-electron chi connectivity index (χ1n) is 3.65. The second-order valence-electron chi connectivity index (χ2n) is 2.74. The highest BCUT2D eigenvalue weighted by Gasteiger charge is 2.31. The van der Waals surface area contributed by atoms with Gasteiger partial charge >= 0.3 is 6.18 Å². The zero-order valence-electron chi connectivity index (χ0n) is 6.65. The van der Waals surface area contributed by atoms with E-state index in [0.717, 1.165) is 12.1 Å². The first kappa shape index (κ1) is 9.80. The van der Waals surface area contributed by atoms with Crippen LogP contribution in [0.5, 0.6) is 0 Å². The molecule has 1 radical (unpaired) electrons. The molecule has 0 fully saturated rings. The SMILES string of the molecule is FC(F)(F)c1cc(Cl)c2s[c]cc2c1. The summed E-state index contributed by atoms with van der Waals surface area (Å²) in [5, 5.41) is 3.35. The summed E-state index contributed by atoms with van der Waals surface area (Å²) in [6.07, 6.45) is -4.35. The van der Waals surface area contributed by atoms with Crippen molar-refractivity contribution in [2.45, 2.75) is 6.18 Å². The molecule has 0 atom stereocenters. The molecular weight excluding hydrogens is 233 g/mol. The van der Waals surface area contributed by atoms with Crippen molar-refractivity contribution in [2.24, 2.45) is 0 Å². The minimum Gasteiger partial charge on any atom is -0.166 e. The van der Waals surface area contributed by atoms with Crippen molar-refractivity contribution >= 4 is 33.0 Å². The topological polar surface area (TPSA) is 0 Å². The van der Waals surface area contributed by atoms with Crippen LogP contribution in [0.3, 0.4) is 0 Å². The van der Waals surface area contributed by atoms with Gasteiger partial charge in [-0.05, 0) is 23.6 Å². The van der Waals surface area contributed by atoms with Gasteiger partial charge in [-0.1, -0.05) is 11.6 Å². The minimum atomic E-state index is -4.35. The molecule has 0 bridgehead atoms. The number of hydrogen-bond acceptors (Lipinski definition) is 1. The van der Waals surface area contributed by atoms with Gasteiger partial charge in [0.2, 0.25) is 0 Å². The summed E-state index contributed by atoms with van der Waals surface area (Å²) in [7, 11) is 0. The third-order valence-electron chi connectivity index (χ3n) is 1.78. The fourth-order valence-corrected chi connectivity index (χ4v) is 2.18. The molecule has 0 saturated carbocycles. The highest BCUT2D eigenvalue weighted by atomic mass is 35.5. The molecule has 0 aliphatic carbocycles. The zero-order valence-corrected chi connectivity index (χ0v) is 8.22. The van der Waals surface area contributed by atoms with Gasteiger partial charge in [-0.3, -0.25) is 0 Å². The van der Waals surface area contributed by atoms with E-state index in [-0.39, 0.29) is 5.02 Å². The lowest BCUT2D eigenvalue weighted by Crippen LogP contribution is -2.04. The van der Waals surface area contributed by atoms with Gasteiger partial charge in [-0.15, -0.1) is 11.3 Å². The number of thiophene rings is 1. The van der Waals surface area contributed by atoms with E-state index in [2.05, 4.69) is 5.38 Å². The lowest BCUT2D eigenvalue weighted by Gasteiger charge is -2.07. The molecule has 0 nitrogen and oxygen atoms in total. The molecule has 0 amide bonds. The predicted molar refractivity (Wildman–Crippen MR) is 50.7 cm³/mol. The maximum Gasteiger partial charge on any atom is 0.416 e. The van der Waals surface area contributed by atoms with Crippen LogP contribution in [0.25, 0.3) is 10.1 Å². The Morgan fingerprint density at radius 3 is 2.64 bits per heavy atom. The van der Waals surface area contributed by atoms with Crippen molar-refractivity contribution in [1.82, 2.24) is 0 Å². The smallest absolute Gasteiger partial charge is 0.166 e. The maximum absolute atomic E-state index is 12.3. The summed E-state index contributed by atoms with van der Waals surface area (Å²) >= 11 is 6.91. The second kappa shape index (κ2) is 3.14. The van der Waals surface area contributed by atoms with Crippen LogP contribution in [0.2, 0.25) is 5.02 Å². The van der Waals surface area contributed by atoms with Crippen LogP contribution in [0.1, 0.15) is 5.56 Å². The van der Waals surface area contributed by atoms with E-state index in [1.807, 2.05) is 0 Å². The van der Waals surface area contributed by atoms with Crippen molar-refractivity contribution in [2.75, 3.05) is 0 Å². The van der Waals surface area contributed by atoms with Gasteiger partial charge in [0.15, 0.2) is 0 Å². The number of fused-ring (bicyclic) bond motifs is 1. The summed E-state index contributed by atoms with van der Waals surface area (Å²) in [5.74, 6) is 0. The Morgan fingerprint density at radius 1 is 1.29 bits per heavy atom. The van der Waals surface area contributed by atoms with E-state index in [4.69, 9.17) is 11.6 Å². The molecule has 2 rings (SSSR count). The van der Waals surface area contributed by atoms with Crippen molar-refractivity contribution in [1.29, 1.82) is 0 Å². The summed E-state index contributed by atoms with van der Waals surface area (Å²) in [6, 6.07) is 3.52. The standard InChI is InChI=1S/C9H3ClF3S/c10-7-4-6(9(11,12)13)3-5-1-2-14-8(5)7/h1,3-4H. The Balaban J connectivity index is 2.70. The third-order valence-corrected chi connectivity index (χ3v) is 3.08. The highest BCUT2D eigenvalue weighted by molar-refractivity contribution is 7.17. The average molecular weight is 236 g/mol. The van der Waals surface area contributed by atoms with E-state index < -0.39 is 11.7 Å². The third kappa shape index (κ3) is 1.60.